The minimum absolute atomic E-state index is 0. The fourth-order valence-corrected chi connectivity index (χ4v) is 7.35. The molecule has 4 nitrogen and oxygen atoms in total. The molecule has 1 radical (unpaired) electrons. The molecule has 0 aliphatic carbocycles. The van der Waals surface area contributed by atoms with Crippen LogP contribution in [0.1, 0.15) is 25.5 Å². The fourth-order valence-electron chi connectivity index (χ4n) is 5.64. The van der Waals surface area contributed by atoms with Gasteiger partial charge in [-0.05, 0) is 49.9 Å². The van der Waals surface area contributed by atoms with Gasteiger partial charge in [-0.15, -0.1) is 54.1 Å². The fraction of sp³-hybridized carbons (Fsp3) is 0.189. The van der Waals surface area contributed by atoms with E-state index in [0.29, 0.717) is 0 Å². The molecule has 0 atom stereocenters. The minimum Gasteiger partial charge on any atom is -0.501 e. The molecule has 0 spiro atoms. The number of hydrogen-bond donors (Lipinski definition) is 0. The topological polar surface area (TPSA) is 43.9 Å². The van der Waals surface area contributed by atoms with Crippen molar-refractivity contribution >= 4 is 46.2 Å². The molecule has 7 rings (SSSR count). The predicted octanol–water partition coefficient (Wildman–Crippen LogP) is 9.38. The third kappa shape index (κ3) is 6.01. The van der Waals surface area contributed by atoms with Crippen molar-refractivity contribution in [2.75, 3.05) is 0 Å². The number of fused-ring (bicyclic) bond motifs is 4. The van der Waals surface area contributed by atoms with E-state index in [9.17, 15) is 0 Å². The molecule has 6 heteroatoms. The Bertz CT molecular complexity index is 2020. The summed E-state index contributed by atoms with van der Waals surface area (Å²) in [5.41, 5.74) is 8.22. The molecular weight excluding hydrogens is 723 g/mol. The van der Waals surface area contributed by atoms with Crippen molar-refractivity contribution in [2.45, 2.75) is 46.5 Å². The summed E-state index contributed by atoms with van der Waals surface area (Å²) in [6.45, 7) is 13.6. The van der Waals surface area contributed by atoms with Crippen molar-refractivity contribution in [3.05, 3.63) is 115 Å². The van der Waals surface area contributed by atoms with Crippen LogP contribution < -0.4 is 5.19 Å². The maximum absolute atomic E-state index is 6.18. The molecule has 0 aliphatic rings. The van der Waals surface area contributed by atoms with Gasteiger partial charge in [0, 0.05) is 37.7 Å². The maximum Gasteiger partial charge on any atom is 0.120 e. The molecule has 3 aromatic heterocycles. The molecule has 0 amide bonds. The van der Waals surface area contributed by atoms with Crippen molar-refractivity contribution in [3.8, 4) is 22.6 Å². The molecule has 0 fully saturated rings. The van der Waals surface area contributed by atoms with Crippen molar-refractivity contribution in [3.63, 3.8) is 0 Å². The van der Waals surface area contributed by atoms with E-state index >= 15 is 0 Å². The summed E-state index contributed by atoms with van der Waals surface area (Å²) in [4.78, 5) is 9.48. The number of imidazole rings is 1. The first-order valence-electron chi connectivity index (χ1n) is 14.5. The maximum atomic E-state index is 6.18. The largest absolute Gasteiger partial charge is 0.501 e. The summed E-state index contributed by atoms with van der Waals surface area (Å²) in [6.07, 6.45) is 2.05. The first-order chi connectivity index (χ1) is 20.2. The van der Waals surface area contributed by atoms with Gasteiger partial charge in [-0.1, -0.05) is 72.6 Å². The van der Waals surface area contributed by atoms with E-state index in [2.05, 4.69) is 111 Å². The summed E-state index contributed by atoms with van der Waals surface area (Å²) >= 11 is 0. The Labute approximate surface area is 268 Å². The zero-order chi connectivity index (χ0) is 29.4. The Morgan fingerprint density at radius 1 is 0.837 bits per heavy atom. The second kappa shape index (κ2) is 12.4. The van der Waals surface area contributed by atoms with Crippen LogP contribution in [0.15, 0.2) is 102 Å². The number of rotatable bonds is 4. The van der Waals surface area contributed by atoms with Crippen molar-refractivity contribution < 1.29 is 24.5 Å². The van der Waals surface area contributed by atoms with Crippen LogP contribution in [0, 0.1) is 19.1 Å². The second-order valence-corrected chi connectivity index (χ2v) is 17.0. The SMILES string of the molecule is CC(C)n1c(-c2[c-]ccc3c2oc2ccccc23)nc2ccccc21.Cc1cc(-c2[c-]cccc2)ncc1[Si](C)(C)C.[Ir]. The van der Waals surface area contributed by atoms with Gasteiger partial charge in [0.05, 0.1) is 30.5 Å². The van der Waals surface area contributed by atoms with E-state index in [0.717, 1.165) is 55.6 Å². The van der Waals surface area contributed by atoms with Crippen molar-refractivity contribution in [1.29, 1.82) is 0 Å². The van der Waals surface area contributed by atoms with Crippen LogP contribution in [0.3, 0.4) is 0 Å². The Balaban J connectivity index is 0.000000180. The Morgan fingerprint density at radius 3 is 2.30 bits per heavy atom. The standard InChI is InChI=1S/C22H17N2O.C15H18NSi.Ir/c1-14(2)24-19-12-5-4-11-18(19)23-22(24)17-10-7-9-16-15-8-3-6-13-20(15)25-21(16)17;1-12-10-14(13-8-6-5-7-9-13)16-11-15(12)17(2,3)4;/h3-9,11-14H,1-2H3;5-8,10-11H,1-4H3;/q2*-1;. The van der Waals surface area contributed by atoms with Crippen LogP contribution in [0.5, 0.6) is 0 Å². The summed E-state index contributed by atoms with van der Waals surface area (Å²) in [7, 11) is -1.27. The van der Waals surface area contributed by atoms with Gasteiger partial charge in [-0.25, -0.2) is 0 Å². The average Bonchev–Trinajstić information content (AvgIpc) is 3.56. The third-order valence-electron chi connectivity index (χ3n) is 7.58. The van der Waals surface area contributed by atoms with Gasteiger partial charge in [0.25, 0.3) is 0 Å². The smallest absolute Gasteiger partial charge is 0.120 e. The third-order valence-corrected chi connectivity index (χ3v) is 9.72. The Kier molecular flexibility index (Phi) is 8.84. The molecule has 7 aromatic rings. The molecule has 43 heavy (non-hydrogen) atoms. The summed E-state index contributed by atoms with van der Waals surface area (Å²) < 4.78 is 8.44. The molecular formula is C37H35IrN3OSi-2. The number of pyridine rings is 1. The molecule has 0 N–H and O–H groups in total. The van der Waals surface area contributed by atoms with Crippen molar-refractivity contribution in [1.82, 2.24) is 14.5 Å². The van der Waals surface area contributed by atoms with Crippen LogP contribution in [-0.2, 0) is 20.1 Å². The number of aromatic nitrogens is 3. The molecule has 3 heterocycles. The van der Waals surface area contributed by atoms with Crippen LogP contribution in [-0.4, -0.2) is 22.6 Å². The van der Waals surface area contributed by atoms with Gasteiger partial charge >= 0.3 is 0 Å². The number of furan rings is 1. The zero-order valence-corrected chi connectivity index (χ0v) is 28.8. The van der Waals surface area contributed by atoms with Gasteiger partial charge in [0.1, 0.15) is 5.58 Å². The molecule has 0 saturated heterocycles. The molecule has 0 unspecified atom stereocenters. The van der Waals surface area contributed by atoms with E-state index in [1.54, 1.807) is 0 Å². The van der Waals surface area contributed by atoms with Crippen molar-refractivity contribution in [2.24, 2.45) is 0 Å². The first-order valence-corrected chi connectivity index (χ1v) is 18.0. The molecule has 4 aromatic carbocycles. The van der Waals surface area contributed by atoms with Gasteiger partial charge in [-0.3, -0.25) is 4.98 Å². The van der Waals surface area contributed by atoms with Crippen LogP contribution in [0.4, 0.5) is 0 Å². The Morgan fingerprint density at radius 2 is 1.58 bits per heavy atom. The van der Waals surface area contributed by atoms with E-state index < -0.39 is 8.07 Å². The molecule has 219 valence electrons. The first kappa shape index (κ1) is 30.6. The summed E-state index contributed by atoms with van der Waals surface area (Å²) in [5.74, 6) is 0.904. The number of aryl methyl sites for hydroxylation is 1. The van der Waals surface area contributed by atoms with E-state index in [1.165, 1.54) is 10.8 Å². The van der Waals surface area contributed by atoms with Gasteiger partial charge < -0.3 is 14.0 Å². The van der Waals surface area contributed by atoms with Gasteiger partial charge in [0.15, 0.2) is 0 Å². The minimum atomic E-state index is -1.27. The van der Waals surface area contributed by atoms with Crippen LogP contribution >= 0.6 is 0 Å². The van der Waals surface area contributed by atoms with Crippen LogP contribution in [0.25, 0.3) is 55.6 Å². The second-order valence-electron chi connectivity index (χ2n) is 12.0. The van der Waals surface area contributed by atoms with E-state index in [-0.39, 0.29) is 26.1 Å². The average molecular weight is 758 g/mol. The van der Waals surface area contributed by atoms with Gasteiger partial charge in [-0.2, -0.15) is 0 Å². The summed E-state index contributed by atoms with van der Waals surface area (Å²) in [5, 5.41) is 3.67. The predicted molar refractivity (Wildman–Crippen MR) is 178 cm³/mol. The normalized spacial score (nSPS) is 11.5. The zero-order valence-electron chi connectivity index (χ0n) is 25.4. The number of para-hydroxylation sites is 3. The number of benzene rings is 4. The molecule has 0 saturated carbocycles. The van der Waals surface area contributed by atoms with E-state index in [1.807, 2.05) is 48.5 Å². The Hall–Kier alpha value is -3.83. The van der Waals surface area contributed by atoms with E-state index in [4.69, 9.17) is 9.40 Å². The monoisotopic (exact) mass is 758 g/mol. The number of hydrogen-bond acceptors (Lipinski definition) is 3. The quantitative estimate of drug-likeness (QED) is 0.133. The van der Waals surface area contributed by atoms with Gasteiger partial charge in [0.2, 0.25) is 0 Å². The van der Waals surface area contributed by atoms with Crippen LogP contribution in [0.2, 0.25) is 19.6 Å². The molecule has 0 bridgehead atoms. The summed E-state index contributed by atoms with van der Waals surface area (Å²) in [6, 6.07) is 37.4. The molecule has 0 aliphatic heterocycles. The number of nitrogens with zero attached hydrogens (tertiary/aromatic N) is 3.